The van der Waals surface area contributed by atoms with E-state index in [9.17, 15) is 14.4 Å². The smallest absolute Gasteiger partial charge is 0.330 e. The summed E-state index contributed by atoms with van der Waals surface area (Å²) in [5.74, 6) is -2.30. The average molecular weight is 258 g/mol. The van der Waals surface area contributed by atoms with Crippen LogP contribution in [-0.2, 0) is 19.1 Å². The fourth-order valence-electron chi connectivity index (χ4n) is 0.262. The number of ether oxygens (including phenoxy) is 1. The minimum Gasteiger partial charge on any atom is -0.478 e. The Kier molecular flexibility index (Phi) is 19.9. The van der Waals surface area contributed by atoms with E-state index in [-0.39, 0.29) is 5.97 Å². The molecule has 0 aromatic carbocycles. The topological polar surface area (TPSA) is 101 Å². The lowest BCUT2D eigenvalue weighted by Crippen LogP contribution is -1.99. The molecule has 0 aliphatic rings. The molecular formula is C12H18O6. The highest BCUT2D eigenvalue weighted by atomic mass is 16.5. The SMILES string of the molecule is C=CC(=O)O.C=CC(=O)O.C=CC(=O)OCCC. The second kappa shape index (κ2) is 17.0. The van der Waals surface area contributed by atoms with E-state index in [0.717, 1.165) is 24.6 Å². The first-order valence-corrected chi connectivity index (χ1v) is 4.85. The molecule has 0 atom stereocenters. The third kappa shape index (κ3) is 37.3. The number of hydrogen-bond acceptors (Lipinski definition) is 4. The average Bonchev–Trinajstić information content (AvgIpc) is 2.37. The fourth-order valence-corrected chi connectivity index (χ4v) is 0.262. The van der Waals surface area contributed by atoms with E-state index in [1.54, 1.807) is 0 Å². The van der Waals surface area contributed by atoms with E-state index in [4.69, 9.17) is 10.2 Å². The van der Waals surface area contributed by atoms with Crippen molar-refractivity contribution >= 4 is 17.9 Å². The molecule has 6 nitrogen and oxygen atoms in total. The van der Waals surface area contributed by atoms with Gasteiger partial charge in [-0.05, 0) is 6.42 Å². The molecule has 0 aliphatic heterocycles. The third-order valence-corrected chi connectivity index (χ3v) is 0.964. The molecule has 0 fully saturated rings. The quantitative estimate of drug-likeness (QED) is 0.574. The van der Waals surface area contributed by atoms with Gasteiger partial charge in [0, 0.05) is 18.2 Å². The van der Waals surface area contributed by atoms with Crippen LogP contribution in [0.2, 0.25) is 0 Å². The molecule has 0 radical (unpaired) electrons. The van der Waals surface area contributed by atoms with Crippen LogP contribution < -0.4 is 0 Å². The van der Waals surface area contributed by atoms with Gasteiger partial charge in [-0.25, -0.2) is 14.4 Å². The number of rotatable bonds is 5. The molecule has 0 unspecified atom stereocenters. The van der Waals surface area contributed by atoms with Crippen LogP contribution in [0, 0.1) is 0 Å². The Hall–Kier alpha value is -2.37. The second-order valence-corrected chi connectivity index (χ2v) is 2.46. The van der Waals surface area contributed by atoms with Crippen LogP contribution in [0.5, 0.6) is 0 Å². The van der Waals surface area contributed by atoms with Gasteiger partial charge in [0.15, 0.2) is 0 Å². The number of hydrogen-bond donors (Lipinski definition) is 2. The Morgan fingerprint density at radius 2 is 1.33 bits per heavy atom. The van der Waals surface area contributed by atoms with Crippen molar-refractivity contribution in [3.05, 3.63) is 38.0 Å². The molecule has 0 aromatic rings. The first-order valence-electron chi connectivity index (χ1n) is 4.85. The monoisotopic (exact) mass is 258 g/mol. The van der Waals surface area contributed by atoms with E-state index in [1.807, 2.05) is 6.92 Å². The van der Waals surface area contributed by atoms with Gasteiger partial charge in [0.2, 0.25) is 0 Å². The zero-order valence-electron chi connectivity index (χ0n) is 10.3. The van der Waals surface area contributed by atoms with Crippen molar-refractivity contribution in [3.63, 3.8) is 0 Å². The molecule has 2 N–H and O–H groups in total. The van der Waals surface area contributed by atoms with Gasteiger partial charge in [0.1, 0.15) is 0 Å². The standard InChI is InChI=1S/C6H10O2.2C3H4O2/c1-3-5-8-6(7)4-2;2*1-2-3(4)5/h4H,2-3,5H2,1H3;2*2H,1H2,(H,4,5). The minimum atomic E-state index is -0.981. The van der Waals surface area contributed by atoms with Gasteiger partial charge in [-0.2, -0.15) is 0 Å². The molecule has 6 heteroatoms. The lowest BCUT2D eigenvalue weighted by Gasteiger charge is -1.94. The second-order valence-electron chi connectivity index (χ2n) is 2.46. The van der Waals surface area contributed by atoms with Gasteiger partial charge in [-0.3, -0.25) is 0 Å². The molecule has 18 heavy (non-hydrogen) atoms. The van der Waals surface area contributed by atoms with Gasteiger partial charge < -0.3 is 14.9 Å². The first-order chi connectivity index (χ1) is 8.35. The van der Waals surface area contributed by atoms with Crippen LogP contribution in [0.15, 0.2) is 38.0 Å². The Balaban J connectivity index is -0.000000197. The lowest BCUT2D eigenvalue weighted by molar-refractivity contribution is -0.137. The fraction of sp³-hybridized carbons (Fsp3) is 0.250. The number of carbonyl (C=O) groups excluding carboxylic acids is 1. The number of carboxylic acids is 2. The van der Waals surface area contributed by atoms with Crippen molar-refractivity contribution in [2.24, 2.45) is 0 Å². The maximum absolute atomic E-state index is 10.2. The summed E-state index contributed by atoms with van der Waals surface area (Å²) in [6.45, 7) is 11.6. The summed E-state index contributed by atoms with van der Waals surface area (Å²) in [5.41, 5.74) is 0. The molecule has 0 aliphatic carbocycles. The number of esters is 1. The van der Waals surface area contributed by atoms with E-state index < -0.39 is 11.9 Å². The summed E-state index contributed by atoms with van der Waals surface area (Å²) in [5, 5.41) is 15.2. The van der Waals surface area contributed by atoms with E-state index >= 15 is 0 Å². The first kappa shape index (κ1) is 21.0. The summed E-state index contributed by atoms with van der Waals surface area (Å²) >= 11 is 0. The largest absolute Gasteiger partial charge is 0.478 e. The van der Waals surface area contributed by atoms with E-state index in [1.165, 1.54) is 0 Å². The summed E-state index contributed by atoms with van der Waals surface area (Å²) in [4.78, 5) is 28.7. The molecule has 102 valence electrons. The normalized spacial score (nSPS) is 7.17. The summed E-state index contributed by atoms with van der Waals surface area (Å²) in [6.07, 6.45) is 3.69. The van der Waals surface area contributed by atoms with Gasteiger partial charge in [0.05, 0.1) is 6.61 Å². The summed E-state index contributed by atoms with van der Waals surface area (Å²) in [7, 11) is 0. The number of carboxylic acid groups (broad SMARTS) is 2. The van der Waals surface area contributed by atoms with E-state index in [0.29, 0.717) is 6.61 Å². The molecule has 0 aromatic heterocycles. The zero-order chi connectivity index (χ0) is 15.0. The van der Waals surface area contributed by atoms with E-state index in [2.05, 4.69) is 24.5 Å². The summed E-state index contributed by atoms with van der Waals surface area (Å²) < 4.78 is 4.58. The van der Waals surface area contributed by atoms with Crippen LogP contribution >= 0.6 is 0 Å². The molecule has 0 saturated carbocycles. The maximum Gasteiger partial charge on any atom is 0.330 e. The third-order valence-electron chi connectivity index (χ3n) is 0.964. The number of carbonyl (C=O) groups is 3. The Bertz CT molecular complexity index is 275. The highest BCUT2D eigenvalue weighted by molar-refractivity contribution is 5.81. The summed E-state index contributed by atoms with van der Waals surface area (Å²) in [6, 6.07) is 0. The lowest BCUT2D eigenvalue weighted by atomic mass is 10.5. The van der Waals surface area contributed by atoms with Crippen molar-refractivity contribution < 1.29 is 29.3 Å². The van der Waals surface area contributed by atoms with Crippen molar-refractivity contribution in [2.45, 2.75) is 13.3 Å². The molecule has 0 saturated heterocycles. The molecule has 0 rings (SSSR count). The van der Waals surface area contributed by atoms with Gasteiger partial charge in [-0.15, -0.1) is 0 Å². The molecule has 0 heterocycles. The van der Waals surface area contributed by atoms with Crippen molar-refractivity contribution in [2.75, 3.05) is 6.61 Å². The van der Waals surface area contributed by atoms with Crippen LogP contribution in [-0.4, -0.2) is 34.7 Å². The van der Waals surface area contributed by atoms with Gasteiger partial charge in [-0.1, -0.05) is 26.7 Å². The zero-order valence-corrected chi connectivity index (χ0v) is 10.3. The van der Waals surface area contributed by atoms with Crippen LogP contribution in [0.3, 0.4) is 0 Å². The maximum atomic E-state index is 10.2. The number of aliphatic carboxylic acids is 2. The van der Waals surface area contributed by atoms with Crippen LogP contribution in [0.1, 0.15) is 13.3 Å². The van der Waals surface area contributed by atoms with Gasteiger partial charge >= 0.3 is 17.9 Å². The molecular weight excluding hydrogens is 240 g/mol. The molecule has 0 amide bonds. The Labute approximate surface area is 106 Å². The van der Waals surface area contributed by atoms with Crippen molar-refractivity contribution in [1.82, 2.24) is 0 Å². The molecule has 0 spiro atoms. The van der Waals surface area contributed by atoms with Crippen LogP contribution in [0.25, 0.3) is 0 Å². The highest BCUT2D eigenvalue weighted by Crippen LogP contribution is 1.81. The minimum absolute atomic E-state index is 0.341. The Morgan fingerprint density at radius 1 is 1.00 bits per heavy atom. The Morgan fingerprint density at radius 3 is 1.50 bits per heavy atom. The van der Waals surface area contributed by atoms with Crippen molar-refractivity contribution in [1.29, 1.82) is 0 Å². The van der Waals surface area contributed by atoms with Crippen molar-refractivity contribution in [3.8, 4) is 0 Å². The van der Waals surface area contributed by atoms with Gasteiger partial charge in [0.25, 0.3) is 0 Å². The predicted molar refractivity (Wildman–Crippen MR) is 67.1 cm³/mol. The molecule has 0 bridgehead atoms. The highest BCUT2D eigenvalue weighted by Gasteiger charge is 1.89. The predicted octanol–water partition coefficient (Wildman–Crippen LogP) is 1.64. The van der Waals surface area contributed by atoms with Crippen LogP contribution in [0.4, 0.5) is 0 Å².